The van der Waals surface area contributed by atoms with Crippen molar-refractivity contribution in [2.45, 2.75) is 39.5 Å². The van der Waals surface area contributed by atoms with Crippen molar-refractivity contribution in [3.05, 3.63) is 82.4 Å². The molecule has 1 aliphatic rings. The topological polar surface area (TPSA) is 34.1 Å². The average Bonchev–Trinajstić information content (AvgIpc) is 2.63. The van der Waals surface area contributed by atoms with Crippen LogP contribution in [0, 0.1) is 19.8 Å². The van der Waals surface area contributed by atoms with Gasteiger partial charge >= 0.3 is 0 Å². The molecule has 0 saturated carbocycles. The Hall–Kier alpha value is -2.48. The van der Waals surface area contributed by atoms with Gasteiger partial charge in [-0.15, -0.1) is 0 Å². The summed E-state index contributed by atoms with van der Waals surface area (Å²) >= 11 is 0. The highest BCUT2D eigenvalue weighted by Gasteiger charge is 2.26. The van der Waals surface area contributed by atoms with Crippen LogP contribution in [-0.2, 0) is 0 Å². The Morgan fingerprint density at radius 2 is 1.44 bits per heavy atom. The summed E-state index contributed by atoms with van der Waals surface area (Å²) in [6, 6.07) is 15.4. The summed E-state index contributed by atoms with van der Waals surface area (Å²) < 4.78 is 0. The zero-order chi connectivity index (χ0) is 17.8. The maximum atomic E-state index is 12.9. The molecule has 0 fully saturated rings. The smallest absolute Gasteiger partial charge is 0.188 e. The molecule has 0 amide bonds. The Bertz CT molecular complexity index is 795. The molecule has 0 N–H and O–H groups in total. The molecule has 2 nitrogen and oxygen atoms in total. The van der Waals surface area contributed by atoms with Gasteiger partial charge in [0, 0.05) is 17.5 Å². The van der Waals surface area contributed by atoms with E-state index in [2.05, 4.69) is 0 Å². The van der Waals surface area contributed by atoms with Gasteiger partial charge in [0.05, 0.1) is 0 Å². The number of aryl methyl sites for hydroxylation is 2. The first-order chi connectivity index (χ1) is 12.0. The van der Waals surface area contributed by atoms with Crippen LogP contribution in [0.2, 0.25) is 0 Å². The van der Waals surface area contributed by atoms with E-state index >= 15 is 0 Å². The first kappa shape index (κ1) is 17.3. The molecule has 128 valence electrons. The van der Waals surface area contributed by atoms with E-state index in [1.54, 1.807) is 0 Å². The molecule has 0 unspecified atom stereocenters. The number of rotatable bonds is 5. The molecule has 2 heteroatoms. The number of hydrogen-bond acceptors (Lipinski definition) is 2. The van der Waals surface area contributed by atoms with Crippen LogP contribution >= 0.6 is 0 Å². The van der Waals surface area contributed by atoms with Gasteiger partial charge in [-0.05, 0) is 44.6 Å². The SMILES string of the molecule is Cc1ccc(C(=O)C[C@@H]2CCCC=C2C(=O)c2ccc(C)cc2)cc1. The maximum absolute atomic E-state index is 12.9. The number of carbonyl (C=O) groups is 2. The summed E-state index contributed by atoms with van der Waals surface area (Å²) in [5.74, 6) is 0.215. The van der Waals surface area contributed by atoms with Gasteiger partial charge in [0.2, 0.25) is 0 Å². The van der Waals surface area contributed by atoms with Crippen LogP contribution in [0.4, 0.5) is 0 Å². The lowest BCUT2D eigenvalue weighted by atomic mass is 9.80. The molecule has 2 aromatic rings. The highest BCUT2D eigenvalue weighted by molar-refractivity contribution is 6.09. The second kappa shape index (κ2) is 7.60. The van der Waals surface area contributed by atoms with Gasteiger partial charge in [0.15, 0.2) is 11.6 Å². The van der Waals surface area contributed by atoms with E-state index < -0.39 is 0 Å². The Morgan fingerprint density at radius 1 is 0.880 bits per heavy atom. The van der Waals surface area contributed by atoms with Crippen LogP contribution < -0.4 is 0 Å². The third-order valence-corrected chi connectivity index (χ3v) is 4.94. The molecule has 0 heterocycles. The fourth-order valence-electron chi connectivity index (χ4n) is 3.39. The van der Waals surface area contributed by atoms with Gasteiger partial charge in [-0.3, -0.25) is 9.59 Å². The van der Waals surface area contributed by atoms with Crippen molar-refractivity contribution >= 4 is 11.6 Å². The quantitative estimate of drug-likeness (QED) is 0.679. The molecule has 0 aromatic heterocycles. The van der Waals surface area contributed by atoms with Gasteiger partial charge in [0.25, 0.3) is 0 Å². The molecule has 1 atom stereocenters. The molecular weight excluding hydrogens is 308 g/mol. The third-order valence-electron chi connectivity index (χ3n) is 4.94. The minimum absolute atomic E-state index is 0.0244. The number of allylic oxidation sites excluding steroid dienone is 2. The van der Waals surface area contributed by atoms with Gasteiger partial charge in [0.1, 0.15) is 0 Å². The van der Waals surface area contributed by atoms with Crippen LogP contribution in [0.25, 0.3) is 0 Å². The summed E-state index contributed by atoms with van der Waals surface area (Å²) in [6.45, 7) is 4.02. The van der Waals surface area contributed by atoms with Crippen molar-refractivity contribution in [1.29, 1.82) is 0 Å². The Labute approximate surface area is 149 Å². The number of benzene rings is 2. The number of carbonyl (C=O) groups excluding carboxylic acids is 2. The van der Waals surface area contributed by atoms with Gasteiger partial charge < -0.3 is 0 Å². The minimum atomic E-state index is 0.0244. The van der Waals surface area contributed by atoms with Crippen LogP contribution in [-0.4, -0.2) is 11.6 Å². The van der Waals surface area contributed by atoms with Crippen LogP contribution in [0.1, 0.15) is 57.5 Å². The van der Waals surface area contributed by atoms with E-state index in [0.29, 0.717) is 12.0 Å². The highest BCUT2D eigenvalue weighted by Crippen LogP contribution is 2.31. The van der Waals surface area contributed by atoms with Crippen molar-refractivity contribution < 1.29 is 9.59 Å². The maximum Gasteiger partial charge on any atom is 0.188 e. The summed E-state index contributed by atoms with van der Waals surface area (Å²) in [7, 11) is 0. The second-order valence-corrected chi connectivity index (χ2v) is 6.98. The molecule has 0 saturated heterocycles. The molecule has 1 aliphatic carbocycles. The highest BCUT2D eigenvalue weighted by atomic mass is 16.1. The van der Waals surface area contributed by atoms with Crippen molar-refractivity contribution in [2.75, 3.05) is 0 Å². The Kier molecular flexibility index (Phi) is 5.28. The number of hydrogen-bond donors (Lipinski definition) is 0. The van der Waals surface area contributed by atoms with Crippen LogP contribution in [0.3, 0.4) is 0 Å². The predicted octanol–water partition coefficient (Wildman–Crippen LogP) is 5.49. The first-order valence-corrected chi connectivity index (χ1v) is 8.96. The summed E-state index contributed by atoms with van der Waals surface area (Å²) in [4.78, 5) is 25.5. The summed E-state index contributed by atoms with van der Waals surface area (Å²) in [5.41, 5.74) is 4.55. The average molecular weight is 332 g/mol. The molecule has 3 rings (SSSR count). The largest absolute Gasteiger partial charge is 0.294 e. The van der Waals surface area contributed by atoms with E-state index in [1.807, 2.05) is 68.5 Å². The Morgan fingerprint density at radius 3 is 2.04 bits per heavy atom. The third kappa shape index (κ3) is 4.14. The lowest BCUT2D eigenvalue weighted by Gasteiger charge is -2.23. The zero-order valence-electron chi connectivity index (χ0n) is 14.9. The molecular formula is C23H24O2. The molecule has 0 spiro atoms. The van der Waals surface area contributed by atoms with Crippen molar-refractivity contribution in [3.63, 3.8) is 0 Å². The molecule has 2 aromatic carbocycles. The van der Waals surface area contributed by atoms with Crippen molar-refractivity contribution in [2.24, 2.45) is 5.92 Å². The standard InChI is InChI=1S/C23H24O2/c1-16-7-11-18(12-8-16)22(24)15-20-5-3-4-6-21(20)23(25)19-13-9-17(2)10-14-19/h6-14,20H,3-5,15H2,1-2H3/t20-/m0/s1. The van der Waals surface area contributed by atoms with Crippen LogP contribution in [0.15, 0.2) is 60.2 Å². The monoisotopic (exact) mass is 332 g/mol. The van der Waals surface area contributed by atoms with Crippen molar-refractivity contribution in [1.82, 2.24) is 0 Å². The van der Waals surface area contributed by atoms with E-state index in [0.717, 1.165) is 41.5 Å². The number of Topliss-reactive ketones (excluding diaryl/α,β-unsaturated/α-hetero) is 2. The van der Waals surface area contributed by atoms with E-state index in [9.17, 15) is 9.59 Å². The fourth-order valence-corrected chi connectivity index (χ4v) is 3.39. The van der Waals surface area contributed by atoms with Gasteiger partial charge in [-0.1, -0.05) is 65.7 Å². The first-order valence-electron chi connectivity index (χ1n) is 8.96. The predicted molar refractivity (Wildman–Crippen MR) is 101 cm³/mol. The van der Waals surface area contributed by atoms with Gasteiger partial charge in [-0.25, -0.2) is 0 Å². The minimum Gasteiger partial charge on any atom is -0.294 e. The van der Waals surface area contributed by atoms with Gasteiger partial charge in [-0.2, -0.15) is 0 Å². The molecule has 25 heavy (non-hydrogen) atoms. The lowest BCUT2D eigenvalue weighted by molar-refractivity contribution is 0.0953. The zero-order valence-corrected chi connectivity index (χ0v) is 14.9. The normalized spacial score (nSPS) is 17.0. The number of ketones is 2. The fraction of sp³-hybridized carbons (Fsp3) is 0.304. The summed E-state index contributed by atoms with van der Waals surface area (Å²) in [5, 5.41) is 0. The molecule has 0 aliphatic heterocycles. The van der Waals surface area contributed by atoms with E-state index in [1.165, 1.54) is 0 Å². The van der Waals surface area contributed by atoms with E-state index in [4.69, 9.17) is 0 Å². The second-order valence-electron chi connectivity index (χ2n) is 6.98. The summed E-state index contributed by atoms with van der Waals surface area (Å²) in [6.07, 6.45) is 5.31. The Balaban J connectivity index is 1.77. The lowest BCUT2D eigenvalue weighted by Crippen LogP contribution is -2.20. The molecule has 0 radical (unpaired) electrons. The molecule has 0 bridgehead atoms. The van der Waals surface area contributed by atoms with Crippen LogP contribution in [0.5, 0.6) is 0 Å². The van der Waals surface area contributed by atoms with E-state index in [-0.39, 0.29) is 17.5 Å². The van der Waals surface area contributed by atoms with Crippen molar-refractivity contribution in [3.8, 4) is 0 Å².